The predicted molar refractivity (Wildman–Crippen MR) is 57.4 cm³/mol. The molecular weight excluding hydrogens is 208 g/mol. The van der Waals surface area contributed by atoms with E-state index in [2.05, 4.69) is 5.32 Å². The van der Waals surface area contributed by atoms with Crippen LogP contribution in [0.1, 0.15) is 6.42 Å². The Morgan fingerprint density at radius 2 is 1.94 bits per heavy atom. The molecule has 4 N–H and O–H groups in total. The maximum absolute atomic E-state index is 11.8. The minimum Gasteiger partial charge on any atom is -0.481 e. The topological polar surface area (TPSA) is 92.4 Å². The van der Waals surface area contributed by atoms with Crippen molar-refractivity contribution in [2.24, 2.45) is 29.4 Å². The zero-order valence-electron chi connectivity index (χ0n) is 8.93. The minimum absolute atomic E-state index is 0.0242. The van der Waals surface area contributed by atoms with Crippen LogP contribution in [0.2, 0.25) is 0 Å². The standard InChI is InChI=1S/C11H16N2O3/c12-3-4-13-10(14)8-6-1-2-7(5-6)9(8)11(15)16/h1-2,6-9H,3-5,12H2,(H,13,14)(H,15,16). The summed E-state index contributed by atoms with van der Waals surface area (Å²) < 4.78 is 0. The second-order valence-corrected chi connectivity index (χ2v) is 4.42. The summed E-state index contributed by atoms with van der Waals surface area (Å²) in [6, 6.07) is 0. The Hall–Kier alpha value is -1.36. The number of nitrogens with two attached hydrogens (primary N) is 1. The Kier molecular flexibility index (Phi) is 2.96. The second-order valence-electron chi connectivity index (χ2n) is 4.42. The van der Waals surface area contributed by atoms with Crippen molar-refractivity contribution in [2.75, 3.05) is 13.1 Å². The quantitative estimate of drug-likeness (QED) is 0.566. The van der Waals surface area contributed by atoms with Crippen LogP contribution in [-0.4, -0.2) is 30.1 Å². The van der Waals surface area contributed by atoms with Gasteiger partial charge in [-0.15, -0.1) is 0 Å². The highest BCUT2D eigenvalue weighted by atomic mass is 16.4. The van der Waals surface area contributed by atoms with Crippen LogP contribution in [0.5, 0.6) is 0 Å². The first kappa shape index (κ1) is 11.1. The van der Waals surface area contributed by atoms with Gasteiger partial charge in [-0.25, -0.2) is 0 Å². The van der Waals surface area contributed by atoms with Crippen molar-refractivity contribution in [1.82, 2.24) is 5.32 Å². The van der Waals surface area contributed by atoms with Gasteiger partial charge >= 0.3 is 5.97 Å². The lowest BCUT2D eigenvalue weighted by Crippen LogP contribution is -2.41. The number of carboxylic acid groups (broad SMARTS) is 1. The summed E-state index contributed by atoms with van der Waals surface area (Å²) in [6.07, 6.45) is 4.69. The van der Waals surface area contributed by atoms with E-state index < -0.39 is 17.8 Å². The van der Waals surface area contributed by atoms with Crippen molar-refractivity contribution in [1.29, 1.82) is 0 Å². The van der Waals surface area contributed by atoms with Crippen LogP contribution >= 0.6 is 0 Å². The number of amides is 1. The third-order valence-corrected chi connectivity index (χ3v) is 3.49. The third-order valence-electron chi connectivity index (χ3n) is 3.49. The second kappa shape index (κ2) is 4.25. The molecule has 2 aliphatic rings. The highest BCUT2D eigenvalue weighted by molar-refractivity contribution is 5.86. The molecule has 0 aliphatic heterocycles. The van der Waals surface area contributed by atoms with Crippen LogP contribution in [-0.2, 0) is 9.59 Å². The van der Waals surface area contributed by atoms with Crippen LogP contribution in [0.3, 0.4) is 0 Å². The molecule has 0 radical (unpaired) electrons. The Balaban J connectivity index is 2.10. The molecule has 88 valence electrons. The predicted octanol–water partition coefficient (Wildman–Crippen LogP) is -0.416. The Labute approximate surface area is 93.7 Å². The molecule has 0 spiro atoms. The van der Waals surface area contributed by atoms with Gasteiger partial charge < -0.3 is 16.2 Å². The van der Waals surface area contributed by atoms with E-state index in [1.54, 1.807) is 0 Å². The summed E-state index contributed by atoms with van der Waals surface area (Å²) in [4.78, 5) is 23.0. The molecule has 1 saturated carbocycles. The molecule has 2 aliphatic carbocycles. The first-order valence-electron chi connectivity index (χ1n) is 5.54. The van der Waals surface area contributed by atoms with Crippen LogP contribution in [0.25, 0.3) is 0 Å². The fraction of sp³-hybridized carbons (Fsp3) is 0.636. The SMILES string of the molecule is NCCNC(=O)C1C2C=CC(C2)C1C(=O)O. The van der Waals surface area contributed by atoms with Gasteiger partial charge in [-0.05, 0) is 18.3 Å². The van der Waals surface area contributed by atoms with E-state index in [0.717, 1.165) is 6.42 Å². The van der Waals surface area contributed by atoms with E-state index >= 15 is 0 Å². The first-order valence-corrected chi connectivity index (χ1v) is 5.54. The smallest absolute Gasteiger partial charge is 0.307 e. The van der Waals surface area contributed by atoms with Crippen molar-refractivity contribution < 1.29 is 14.7 Å². The lowest BCUT2D eigenvalue weighted by molar-refractivity contribution is -0.147. The summed E-state index contributed by atoms with van der Waals surface area (Å²) >= 11 is 0. The summed E-state index contributed by atoms with van der Waals surface area (Å²) in [5.74, 6) is -1.91. The number of carbonyl (C=O) groups excluding carboxylic acids is 1. The Morgan fingerprint density at radius 1 is 1.31 bits per heavy atom. The van der Waals surface area contributed by atoms with E-state index in [1.807, 2.05) is 12.2 Å². The normalized spacial score (nSPS) is 35.3. The van der Waals surface area contributed by atoms with Crippen LogP contribution in [0.4, 0.5) is 0 Å². The number of hydrogen-bond donors (Lipinski definition) is 3. The molecule has 16 heavy (non-hydrogen) atoms. The highest BCUT2D eigenvalue weighted by Gasteiger charge is 2.51. The minimum atomic E-state index is -0.871. The van der Waals surface area contributed by atoms with Gasteiger partial charge in [-0.1, -0.05) is 12.2 Å². The first-order chi connectivity index (χ1) is 7.65. The number of hydrogen-bond acceptors (Lipinski definition) is 3. The Bertz CT molecular complexity index is 340. The van der Waals surface area contributed by atoms with Gasteiger partial charge in [0.15, 0.2) is 0 Å². The summed E-state index contributed by atoms with van der Waals surface area (Å²) in [5.41, 5.74) is 5.30. The number of rotatable bonds is 4. The number of nitrogens with one attached hydrogen (secondary N) is 1. The molecule has 4 unspecified atom stereocenters. The van der Waals surface area contributed by atoms with Gasteiger partial charge in [0.2, 0.25) is 5.91 Å². The zero-order valence-corrected chi connectivity index (χ0v) is 8.93. The molecule has 5 nitrogen and oxygen atoms in total. The maximum atomic E-state index is 11.8. The van der Waals surface area contributed by atoms with Crippen molar-refractivity contribution in [3.8, 4) is 0 Å². The van der Waals surface area contributed by atoms with Gasteiger partial charge in [0.05, 0.1) is 11.8 Å². The summed E-state index contributed by atoms with van der Waals surface area (Å²) in [6.45, 7) is 0.781. The molecule has 2 bridgehead atoms. The number of carboxylic acids is 1. The van der Waals surface area contributed by atoms with Crippen molar-refractivity contribution >= 4 is 11.9 Å². The Morgan fingerprint density at radius 3 is 2.50 bits per heavy atom. The average molecular weight is 224 g/mol. The van der Waals surface area contributed by atoms with E-state index in [9.17, 15) is 9.59 Å². The van der Waals surface area contributed by atoms with Gasteiger partial charge in [-0.2, -0.15) is 0 Å². The number of fused-ring (bicyclic) bond motifs is 2. The zero-order chi connectivity index (χ0) is 11.7. The number of carbonyl (C=O) groups is 2. The molecule has 0 aromatic rings. The molecule has 5 heteroatoms. The molecule has 0 aromatic heterocycles. The van der Waals surface area contributed by atoms with E-state index in [0.29, 0.717) is 13.1 Å². The van der Waals surface area contributed by atoms with Gasteiger partial charge in [0.1, 0.15) is 0 Å². The molecule has 1 amide bonds. The summed E-state index contributed by atoms with van der Waals surface area (Å²) in [5, 5.41) is 11.8. The molecule has 0 aromatic carbocycles. The monoisotopic (exact) mass is 224 g/mol. The third kappa shape index (κ3) is 1.71. The van der Waals surface area contributed by atoms with Crippen molar-refractivity contribution in [2.45, 2.75) is 6.42 Å². The molecule has 1 fully saturated rings. The maximum Gasteiger partial charge on any atom is 0.307 e. The van der Waals surface area contributed by atoms with E-state index in [-0.39, 0.29) is 17.7 Å². The van der Waals surface area contributed by atoms with E-state index in [1.165, 1.54) is 0 Å². The van der Waals surface area contributed by atoms with Crippen molar-refractivity contribution in [3.63, 3.8) is 0 Å². The van der Waals surface area contributed by atoms with Crippen molar-refractivity contribution in [3.05, 3.63) is 12.2 Å². The number of aliphatic carboxylic acids is 1. The summed E-state index contributed by atoms with van der Waals surface area (Å²) in [7, 11) is 0. The molecular formula is C11H16N2O3. The molecule has 0 saturated heterocycles. The number of allylic oxidation sites excluding steroid dienone is 2. The average Bonchev–Trinajstić information content (AvgIpc) is 2.84. The van der Waals surface area contributed by atoms with E-state index in [4.69, 9.17) is 10.8 Å². The largest absolute Gasteiger partial charge is 0.481 e. The van der Waals surface area contributed by atoms with Crippen LogP contribution in [0, 0.1) is 23.7 Å². The lowest BCUT2D eigenvalue weighted by Gasteiger charge is -2.23. The fourth-order valence-electron chi connectivity index (χ4n) is 2.83. The molecule has 2 rings (SSSR count). The van der Waals surface area contributed by atoms with Gasteiger partial charge in [0, 0.05) is 13.1 Å². The van der Waals surface area contributed by atoms with Crippen LogP contribution < -0.4 is 11.1 Å². The van der Waals surface area contributed by atoms with Gasteiger partial charge in [0.25, 0.3) is 0 Å². The van der Waals surface area contributed by atoms with Crippen LogP contribution in [0.15, 0.2) is 12.2 Å². The fourth-order valence-corrected chi connectivity index (χ4v) is 2.83. The highest BCUT2D eigenvalue weighted by Crippen LogP contribution is 2.48. The molecule has 0 heterocycles. The van der Waals surface area contributed by atoms with Gasteiger partial charge in [-0.3, -0.25) is 9.59 Å². The lowest BCUT2D eigenvalue weighted by atomic mass is 9.82. The molecule has 4 atom stereocenters.